The topological polar surface area (TPSA) is 65.4 Å². The van der Waals surface area contributed by atoms with E-state index in [4.69, 9.17) is 0 Å². The van der Waals surface area contributed by atoms with Crippen molar-refractivity contribution in [3.8, 4) is 0 Å². The van der Waals surface area contributed by atoms with Gasteiger partial charge in [0.2, 0.25) is 0 Å². The van der Waals surface area contributed by atoms with E-state index in [-0.39, 0.29) is 11.9 Å². The van der Waals surface area contributed by atoms with Gasteiger partial charge < -0.3 is 10.1 Å². The van der Waals surface area contributed by atoms with E-state index in [1.807, 2.05) is 6.20 Å². The molecule has 0 aliphatic carbocycles. The van der Waals surface area contributed by atoms with Gasteiger partial charge in [-0.1, -0.05) is 13.3 Å². The fraction of sp³-hybridized carbons (Fsp3) is 0.571. The van der Waals surface area contributed by atoms with Gasteiger partial charge in [-0.05, 0) is 31.2 Å². The van der Waals surface area contributed by atoms with Crippen LogP contribution in [-0.4, -0.2) is 28.2 Å². The molecule has 1 atom stereocenters. The van der Waals surface area contributed by atoms with Gasteiger partial charge in [-0.25, -0.2) is 0 Å². The number of carbonyl (C=O) groups excluding carboxylic acids is 1. The fourth-order valence-electron chi connectivity index (χ4n) is 2.33. The van der Waals surface area contributed by atoms with E-state index in [0.717, 1.165) is 43.4 Å². The van der Waals surface area contributed by atoms with Crippen LogP contribution < -0.4 is 0 Å². The van der Waals surface area contributed by atoms with Gasteiger partial charge >= 0.3 is 0 Å². The highest BCUT2D eigenvalue weighted by molar-refractivity contribution is 6.09. The fourth-order valence-corrected chi connectivity index (χ4v) is 2.33. The van der Waals surface area contributed by atoms with Crippen molar-refractivity contribution in [3.05, 3.63) is 17.5 Å². The van der Waals surface area contributed by atoms with Crippen LogP contribution in [0, 0.1) is 0 Å². The van der Waals surface area contributed by atoms with Gasteiger partial charge in [0, 0.05) is 18.8 Å². The molecule has 0 bridgehead atoms. The maximum Gasteiger partial charge on any atom is 0.186 e. The van der Waals surface area contributed by atoms with Crippen molar-refractivity contribution < 1.29 is 9.90 Å². The largest absolute Gasteiger partial charge is 0.393 e. The number of hydrogen-bond donors (Lipinski definition) is 2. The summed E-state index contributed by atoms with van der Waals surface area (Å²) < 4.78 is 0. The molecule has 2 heterocycles. The predicted octanol–water partition coefficient (Wildman–Crippen LogP) is 2.79. The number of aromatic amines is 1. The number of ketones is 1. The zero-order valence-electron chi connectivity index (χ0n) is 10.8. The molecule has 0 spiro atoms. The van der Waals surface area contributed by atoms with E-state index >= 15 is 0 Å². The van der Waals surface area contributed by atoms with E-state index in [1.54, 1.807) is 6.21 Å². The monoisotopic (exact) mass is 248 g/mol. The lowest BCUT2D eigenvalue weighted by atomic mass is 10.0. The molecule has 18 heavy (non-hydrogen) atoms. The van der Waals surface area contributed by atoms with Crippen LogP contribution in [-0.2, 0) is 6.42 Å². The molecule has 0 radical (unpaired) electrons. The Hall–Kier alpha value is -1.42. The van der Waals surface area contributed by atoms with Crippen molar-refractivity contribution in [1.29, 1.82) is 0 Å². The van der Waals surface area contributed by atoms with E-state index in [1.165, 1.54) is 0 Å². The molecule has 1 aliphatic heterocycles. The quantitative estimate of drug-likeness (QED) is 0.813. The molecule has 1 aliphatic rings. The van der Waals surface area contributed by atoms with E-state index in [2.05, 4.69) is 16.9 Å². The van der Waals surface area contributed by atoms with Crippen molar-refractivity contribution in [3.63, 3.8) is 0 Å². The Bertz CT molecular complexity index is 449. The van der Waals surface area contributed by atoms with Crippen molar-refractivity contribution in [2.75, 3.05) is 0 Å². The molecule has 0 saturated carbocycles. The molecule has 2 rings (SSSR count). The number of H-pyrrole nitrogens is 1. The summed E-state index contributed by atoms with van der Waals surface area (Å²) in [5.74, 6) is 0.109. The summed E-state index contributed by atoms with van der Waals surface area (Å²) >= 11 is 0. The number of aromatic nitrogens is 1. The first kappa shape index (κ1) is 13.0. The number of fused-ring (bicyclic) bond motifs is 1. The smallest absolute Gasteiger partial charge is 0.186 e. The van der Waals surface area contributed by atoms with Crippen LogP contribution in [0.1, 0.15) is 55.1 Å². The molecule has 4 heteroatoms. The molecular weight excluding hydrogens is 228 g/mol. The maximum atomic E-state index is 11.6. The summed E-state index contributed by atoms with van der Waals surface area (Å²) in [7, 11) is 0. The zero-order chi connectivity index (χ0) is 13.0. The van der Waals surface area contributed by atoms with Gasteiger partial charge in [0.1, 0.15) is 5.69 Å². The molecule has 98 valence electrons. The molecule has 0 unspecified atom stereocenters. The number of Topliss-reactive ketones (excluding diaryl/α,β-unsaturated/α-hetero) is 1. The zero-order valence-corrected chi connectivity index (χ0v) is 10.8. The van der Waals surface area contributed by atoms with Crippen molar-refractivity contribution >= 4 is 17.7 Å². The van der Waals surface area contributed by atoms with Gasteiger partial charge in [-0.2, -0.15) is 0 Å². The number of rotatable bonds is 6. The van der Waals surface area contributed by atoms with Crippen LogP contribution in [0.3, 0.4) is 0 Å². The van der Waals surface area contributed by atoms with Crippen LogP contribution in [0.25, 0.3) is 0 Å². The molecular formula is C14H20N2O2. The van der Waals surface area contributed by atoms with Gasteiger partial charge in [0.05, 0.1) is 11.8 Å². The minimum atomic E-state index is -0.199. The average molecular weight is 248 g/mol. The number of nitrogens with zero attached hydrogens (tertiary/aromatic N) is 1. The van der Waals surface area contributed by atoms with Gasteiger partial charge in [0.25, 0.3) is 0 Å². The highest BCUT2D eigenvalue weighted by atomic mass is 16.3. The number of aryl methyl sites for hydroxylation is 1. The summed E-state index contributed by atoms with van der Waals surface area (Å²) in [5.41, 5.74) is 2.52. The number of carbonyl (C=O) groups is 1. The summed E-state index contributed by atoms with van der Waals surface area (Å²) in [6.07, 6.45) is 8.21. The molecule has 0 aromatic carbocycles. The van der Waals surface area contributed by atoms with E-state index in [9.17, 15) is 9.90 Å². The number of aliphatic hydroxyl groups is 1. The lowest BCUT2D eigenvalue weighted by Gasteiger charge is -2.09. The van der Waals surface area contributed by atoms with Crippen LogP contribution in [0.2, 0.25) is 0 Å². The van der Waals surface area contributed by atoms with Crippen LogP contribution in [0.4, 0.5) is 5.69 Å². The molecule has 2 N–H and O–H groups in total. The molecule has 4 nitrogen and oxygen atoms in total. The van der Waals surface area contributed by atoms with Gasteiger partial charge in [0.15, 0.2) is 5.78 Å². The summed E-state index contributed by atoms with van der Waals surface area (Å²) in [6.45, 7) is 2.08. The Labute approximate surface area is 107 Å². The molecule has 0 amide bonds. The number of nitrogens with one attached hydrogen (secondary N) is 1. The maximum absolute atomic E-state index is 11.6. The van der Waals surface area contributed by atoms with Crippen molar-refractivity contribution in [1.82, 2.24) is 4.98 Å². The van der Waals surface area contributed by atoms with Crippen molar-refractivity contribution in [2.45, 2.75) is 51.6 Å². The van der Waals surface area contributed by atoms with Crippen molar-refractivity contribution in [2.24, 2.45) is 4.99 Å². The lowest BCUT2D eigenvalue weighted by Crippen LogP contribution is -2.06. The predicted molar refractivity (Wildman–Crippen MR) is 71.7 cm³/mol. The number of aliphatic hydroxyl groups excluding tert-OH is 1. The first-order valence-electron chi connectivity index (χ1n) is 6.66. The highest BCUT2D eigenvalue weighted by Crippen LogP contribution is 2.29. The third kappa shape index (κ3) is 2.88. The number of hydrogen-bond acceptors (Lipinski definition) is 3. The summed E-state index contributed by atoms with van der Waals surface area (Å²) in [4.78, 5) is 18.9. The normalized spacial score (nSPS) is 15.8. The second-order valence-electron chi connectivity index (χ2n) is 4.81. The Kier molecular flexibility index (Phi) is 4.31. The second-order valence-corrected chi connectivity index (χ2v) is 4.81. The van der Waals surface area contributed by atoms with Gasteiger partial charge in [-0.15, -0.1) is 0 Å². The molecule has 0 saturated heterocycles. The number of aliphatic imine (C=N–C) groups is 1. The molecule has 0 fully saturated rings. The first-order valence-corrected chi connectivity index (χ1v) is 6.66. The first-order chi connectivity index (χ1) is 8.72. The Morgan fingerprint density at radius 2 is 2.33 bits per heavy atom. The SMILES string of the molecule is CCC[C@H](O)CCCc1c[nH]c2c1N=CCC2=O. The Morgan fingerprint density at radius 1 is 1.50 bits per heavy atom. The minimum Gasteiger partial charge on any atom is -0.393 e. The summed E-state index contributed by atoms with van der Waals surface area (Å²) in [6, 6.07) is 0. The Balaban J connectivity index is 1.92. The third-order valence-corrected chi connectivity index (χ3v) is 3.31. The summed E-state index contributed by atoms with van der Waals surface area (Å²) in [5, 5.41) is 9.67. The van der Waals surface area contributed by atoms with Crippen LogP contribution in [0.5, 0.6) is 0 Å². The van der Waals surface area contributed by atoms with Crippen LogP contribution in [0.15, 0.2) is 11.2 Å². The molecule has 1 aromatic rings. The standard InChI is InChI=1S/C14H20N2O2/c1-2-4-11(17)6-3-5-10-9-16-14-12(18)7-8-15-13(10)14/h8-9,11,16-17H,2-7H2,1H3/t11-/m0/s1. The molecule has 1 aromatic heterocycles. The lowest BCUT2D eigenvalue weighted by molar-refractivity contribution is 0.0996. The van der Waals surface area contributed by atoms with E-state index < -0.39 is 0 Å². The Morgan fingerprint density at radius 3 is 3.11 bits per heavy atom. The second kappa shape index (κ2) is 5.96. The highest BCUT2D eigenvalue weighted by Gasteiger charge is 2.19. The van der Waals surface area contributed by atoms with Gasteiger partial charge in [-0.3, -0.25) is 9.79 Å². The minimum absolute atomic E-state index is 0.109. The van der Waals surface area contributed by atoms with Crippen LogP contribution >= 0.6 is 0 Å². The third-order valence-electron chi connectivity index (χ3n) is 3.31. The van der Waals surface area contributed by atoms with E-state index in [0.29, 0.717) is 12.1 Å². The average Bonchev–Trinajstić information content (AvgIpc) is 2.75.